The normalized spacial score (nSPS) is 12.8. The Morgan fingerprint density at radius 3 is 2.52 bits per heavy atom. The van der Waals surface area contributed by atoms with Gasteiger partial charge in [-0.1, -0.05) is 30.3 Å². The number of nitrogens with one attached hydrogen (secondary N) is 2. The van der Waals surface area contributed by atoms with Gasteiger partial charge in [0.05, 0.1) is 40.9 Å². The summed E-state index contributed by atoms with van der Waals surface area (Å²) < 4.78 is 1.95. The van der Waals surface area contributed by atoms with Gasteiger partial charge in [0.2, 0.25) is 0 Å². The molecule has 6 nitrogen and oxygen atoms in total. The van der Waals surface area contributed by atoms with Crippen molar-refractivity contribution in [1.82, 2.24) is 9.78 Å². The highest BCUT2D eigenvalue weighted by Gasteiger charge is 2.25. The minimum Gasteiger partial charge on any atom is -0.324 e. The van der Waals surface area contributed by atoms with Gasteiger partial charge >= 0.3 is 0 Å². The number of nitriles is 1. The molecule has 148 valence electrons. The van der Waals surface area contributed by atoms with E-state index in [4.69, 9.17) is 5.10 Å². The van der Waals surface area contributed by atoms with Crippen molar-refractivity contribution in [2.45, 2.75) is 33.4 Å². The van der Waals surface area contributed by atoms with Gasteiger partial charge in [-0.2, -0.15) is 10.4 Å². The molecule has 0 saturated carbocycles. The lowest BCUT2D eigenvalue weighted by Gasteiger charge is -2.21. The van der Waals surface area contributed by atoms with Crippen LogP contribution in [0.3, 0.4) is 0 Å². The van der Waals surface area contributed by atoms with Crippen LogP contribution in [-0.2, 0) is 11.3 Å². The molecule has 0 aliphatic carbocycles. The maximum atomic E-state index is 12.7. The number of quaternary nitrogens is 1. The zero-order chi connectivity index (χ0) is 21.0. The van der Waals surface area contributed by atoms with Crippen LogP contribution in [0.5, 0.6) is 0 Å². The van der Waals surface area contributed by atoms with Crippen LogP contribution in [0.15, 0.2) is 54.6 Å². The van der Waals surface area contributed by atoms with Gasteiger partial charge in [0, 0.05) is 0 Å². The Morgan fingerprint density at radius 2 is 1.83 bits per heavy atom. The van der Waals surface area contributed by atoms with Crippen molar-refractivity contribution in [2.75, 3.05) is 12.4 Å². The maximum Gasteiger partial charge on any atom is 0.282 e. The Hall–Kier alpha value is -3.43. The van der Waals surface area contributed by atoms with Gasteiger partial charge in [0.25, 0.3) is 5.91 Å². The monoisotopic (exact) mass is 388 g/mol. The van der Waals surface area contributed by atoms with Crippen LogP contribution in [0.1, 0.15) is 29.4 Å². The number of carbonyl (C=O) groups excluding carboxylic acids is 1. The molecule has 6 heteroatoms. The van der Waals surface area contributed by atoms with Gasteiger partial charge in [0.1, 0.15) is 12.6 Å². The number of aryl methyl sites for hydroxylation is 1. The number of anilines is 1. The van der Waals surface area contributed by atoms with E-state index in [0.29, 0.717) is 17.8 Å². The fourth-order valence-corrected chi connectivity index (χ4v) is 3.34. The number of nitrogens with zero attached hydrogens (tertiary/aromatic N) is 3. The molecule has 2 atom stereocenters. The summed E-state index contributed by atoms with van der Waals surface area (Å²) in [5.74, 6) is -0.115. The number of benzene rings is 2. The van der Waals surface area contributed by atoms with Crippen molar-refractivity contribution >= 4 is 11.6 Å². The first-order valence-electron chi connectivity index (χ1n) is 9.65. The van der Waals surface area contributed by atoms with Gasteiger partial charge in [-0.3, -0.25) is 4.79 Å². The first-order chi connectivity index (χ1) is 13.9. The molecule has 1 amide bonds. The first kappa shape index (κ1) is 20.3. The number of likely N-dealkylation sites (N-methyl/N-ethyl adjacent to an activating group) is 1. The van der Waals surface area contributed by atoms with Gasteiger partial charge in [0.15, 0.2) is 6.04 Å². The molecule has 29 heavy (non-hydrogen) atoms. The highest BCUT2D eigenvalue weighted by atomic mass is 16.2. The average Bonchev–Trinajstić information content (AvgIpc) is 3.02. The van der Waals surface area contributed by atoms with Crippen molar-refractivity contribution < 1.29 is 9.69 Å². The summed E-state index contributed by atoms with van der Waals surface area (Å²) in [5.41, 5.74) is 5.22. The van der Waals surface area contributed by atoms with Gasteiger partial charge in [-0.15, -0.1) is 0 Å². The number of amides is 1. The van der Waals surface area contributed by atoms with Crippen LogP contribution in [0.4, 0.5) is 5.69 Å². The molecular formula is C23H26N5O+. The lowest BCUT2D eigenvalue weighted by atomic mass is 10.1. The molecule has 0 radical (unpaired) electrons. The summed E-state index contributed by atoms with van der Waals surface area (Å²) >= 11 is 0. The fourth-order valence-electron chi connectivity index (χ4n) is 3.34. The highest BCUT2D eigenvalue weighted by Crippen LogP contribution is 2.17. The standard InChI is InChI=1S/C23H25N5O/c1-16-21(17(2)28(26-16)20-11-6-5-7-12-20)15-27(4)18(3)23(29)25-22-13-9-8-10-19(22)14-24/h5-13,18H,15H2,1-4H3,(H,25,29)/p+1/t18-/m0/s1. The van der Waals surface area contributed by atoms with Crippen molar-refractivity contribution in [1.29, 1.82) is 5.26 Å². The molecule has 0 bridgehead atoms. The molecule has 2 N–H and O–H groups in total. The van der Waals surface area contributed by atoms with Crippen molar-refractivity contribution in [3.8, 4) is 11.8 Å². The second-order valence-electron chi connectivity index (χ2n) is 7.29. The molecule has 0 aliphatic heterocycles. The lowest BCUT2D eigenvalue weighted by Crippen LogP contribution is -3.12. The molecule has 3 aromatic rings. The second kappa shape index (κ2) is 8.72. The Kier molecular flexibility index (Phi) is 6.10. The van der Waals surface area contributed by atoms with Crippen LogP contribution in [0.2, 0.25) is 0 Å². The largest absolute Gasteiger partial charge is 0.324 e. The smallest absolute Gasteiger partial charge is 0.282 e. The van der Waals surface area contributed by atoms with E-state index in [9.17, 15) is 10.1 Å². The number of hydrogen-bond acceptors (Lipinski definition) is 3. The molecule has 1 aromatic heterocycles. The van der Waals surface area contributed by atoms with Crippen molar-refractivity contribution in [2.24, 2.45) is 0 Å². The van der Waals surface area contributed by atoms with Crippen LogP contribution in [-0.4, -0.2) is 28.8 Å². The lowest BCUT2D eigenvalue weighted by molar-refractivity contribution is -0.907. The molecule has 0 aliphatic rings. The van der Waals surface area contributed by atoms with Crippen molar-refractivity contribution in [3.63, 3.8) is 0 Å². The SMILES string of the molecule is Cc1nn(-c2ccccc2)c(C)c1C[NH+](C)[C@@H](C)C(=O)Nc1ccccc1C#N. The number of aromatic nitrogens is 2. The molecule has 0 saturated heterocycles. The Morgan fingerprint density at radius 1 is 1.17 bits per heavy atom. The molecule has 0 spiro atoms. The highest BCUT2D eigenvalue weighted by molar-refractivity contribution is 5.94. The maximum absolute atomic E-state index is 12.7. The summed E-state index contributed by atoms with van der Waals surface area (Å²) in [6, 6.07) is 18.9. The van der Waals surface area contributed by atoms with E-state index >= 15 is 0 Å². The number of carbonyl (C=O) groups is 1. The summed E-state index contributed by atoms with van der Waals surface area (Å²) in [5, 5.41) is 16.8. The van der Waals surface area contributed by atoms with Gasteiger partial charge < -0.3 is 10.2 Å². The number of para-hydroxylation sites is 2. The van der Waals surface area contributed by atoms with E-state index in [1.807, 2.05) is 62.0 Å². The van der Waals surface area contributed by atoms with Gasteiger partial charge in [-0.05, 0) is 45.0 Å². The van der Waals surface area contributed by atoms with E-state index in [-0.39, 0.29) is 11.9 Å². The van der Waals surface area contributed by atoms with E-state index in [2.05, 4.69) is 18.3 Å². The van der Waals surface area contributed by atoms with E-state index in [0.717, 1.165) is 27.5 Å². The third kappa shape index (κ3) is 4.36. The van der Waals surface area contributed by atoms with Crippen LogP contribution < -0.4 is 10.2 Å². The summed E-state index contributed by atoms with van der Waals surface area (Å²) in [6.07, 6.45) is 0. The molecule has 2 aromatic carbocycles. The first-order valence-corrected chi connectivity index (χ1v) is 9.65. The predicted octanol–water partition coefficient (Wildman–Crippen LogP) is 2.40. The minimum absolute atomic E-state index is 0.115. The molecule has 0 fully saturated rings. The zero-order valence-corrected chi connectivity index (χ0v) is 17.2. The Balaban J connectivity index is 1.74. The average molecular weight is 388 g/mol. The van der Waals surface area contributed by atoms with E-state index in [1.54, 1.807) is 18.2 Å². The predicted molar refractivity (Wildman–Crippen MR) is 113 cm³/mol. The third-order valence-corrected chi connectivity index (χ3v) is 5.34. The zero-order valence-electron chi connectivity index (χ0n) is 17.2. The molecule has 3 rings (SSSR count). The Labute approximate surface area is 171 Å². The Bertz CT molecular complexity index is 1050. The summed E-state index contributed by atoms with van der Waals surface area (Å²) in [6.45, 7) is 6.64. The molecular weight excluding hydrogens is 362 g/mol. The fraction of sp³-hybridized carbons (Fsp3) is 0.261. The molecule has 1 unspecified atom stereocenters. The number of rotatable bonds is 6. The van der Waals surface area contributed by atoms with Crippen LogP contribution >= 0.6 is 0 Å². The molecule has 1 heterocycles. The quantitative estimate of drug-likeness (QED) is 0.681. The van der Waals surface area contributed by atoms with E-state index < -0.39 is 0 Å². The van der Waals surface area contributed by atoms with Gasteiger partial charge in [-0.25, -0.2) is 4.68 Å². The summed E-state index contributed by atoms with van der Waals surface area (Å²) in [7, 11) is 2.00. The topological polar surface area (TPSA) is 75.2 Å². The number of hydrogen-bond donors (Lipinski definition) is 2. The third-order valence-electron chi connectivity index (χ3n) is 5.34. The van der Waals surface area contributed by atoms with Crippen LogP contribution in [0, 0.1) is 25.2 Å². The second-order valence-corrected chi connectivity index (χ2v) is 7.29. The van der Waals surface area contributed by atoms with Crippen molar-refractivity contribution in [3.05, 3.63) is 77.1 Å². The van der Waals surface area contributed by atoms with Crippen LogP contribution in [0.25, 0.3) is 5.69 Å². The summed E-state index contributed by atoms with van der Waals surface area (Å²) in [4.78, 5) is 13.8. The van der Waals surface area contributed by atoms with E-state index in [1.165, 1.54) is 0 Å². The minimum atomic E-state index is -0.291.